The van der Waals surface area contributed by atoms with Gasteiger partial charge in [0, 0.05) is 11.8 Å². The molecule has 13 heavy (non-hydrogen) atoms. The minimum Gasteiger partial charge on any atom is -0.366 e. The van der Waals surface area contributed by atoms with Crippen LogP contribution in [-0.2, 0) is 0 Å². The van der Waals surface area contributed by atoms with Gasteiger partial charge in [0.1, 0.15) is 0 Å². The van der Waals surface area contributed by atoms with Gasteiger partial charge >= 0.3 is 0 Å². The van der Waals surface area contributed by atoms with E-state index in [4.69, 9.17) is 5.73 Å². The Morgan fingerprint density at radius 2 is 2.38 bits per heavy atom. The SMILES string of the molecule is CC(=O)c1ccn2nc(N)nc2c1. The van der Waals surface area contributed by atoms with E-state index in [0.717, 1.165) is 0 Å². The minimum absolute atomic E-state index is 0.00377. The highest BCUT2D eigenvalue weighted by molar-refractivity contribution is 5.94. The molecule has 2 N–H and O–H groups in total. The first kappa shape index (κ1) is 7.72. The lowest BCUT2D eigenvalue weighted by molar-refractivity contribution is 0.101. The van der Waals surface area contributed by atoms with Crippen LogP contribution in [0.1, 0.15) is 17.3 Å². The van der Waals surface area contributed by atoms with Crippen molar-refractivity contribution in [1.82, 2.24) is 14.6 Å². The van der Waals surface area contributed by atoms with Crippen molar-refractivity contribution in [3.05, 3.63) is 23.9 Å². The average molecular weight is 176 g/mol. The second-order valence-electron chi connectivity index (χ2n) is 2.74. The monoisotopic (exact) mass is 176 g/mol. The maximum absolute atomic E-state index is 11.0. The highest BCUT2D eigenvalue weighted by Crippen LogP contribution is 2.06. The van der Waals surface area contributed by atoms with Gasteiger partial charge in [0.25, 0.3) is 0 Å². The van der Waals surface area contributed by atoms with Gasteiger partial charge in [0.05, 0.1) is 0 Å². The summed E-state index contributed by atoms with van der Waals surface area (Å²) in [6.45, 7) is 1.51. The van der Waals surface area contributed by atoms with Crippen molar-refractivity contribution in [2.75, 3.05) is 5.73 Å². The summed E-state index contributed by atoms with van der Waals surface area (Å²) in [4.78, 5) is 14.9. The van der Waals surface area contributed by atoms with Crippen LogP contribution in [0.3, 0.4) is 0 Å². The molecule has 0 unspecified atom stereocenters. The van der Waals surface area contributed by atoms with E-state index in [0.29, 0.717) is 11.2 Å². The Morgan fingerprint density at radius 1 is 1.62 bits per heavy atom. The predicted octanol–water partition coefficient (Wildman–Crippen LogP) is 0.514. The van der Waals surface area contributed by atoms with Crippen molar-refractivity contribution in [3.8, 4) is 0 Å². The van der Waals surface area contributed by atoms with E-state index >= 15 is 0 Å². The van der Waals surface area contributed by atoms with E-state index in [1.807, 2.05) is 0 Å². The van der Waals surface area contributed by atoms with Gasteiger partial charge in [-0.05, 0) is 19.1 Å². The zero-order valence-electron chi connectivity index (χ0n) is 7.06. The standard InChI is InChI=1S/C8H8N4O/c1-5(13)6-2-3-12-7(4-6)10-8(9)11-12/h2-4H,1H3,(H2,9,11). The fourth-order valence-corrected chi connectivity index (χ4v) is 1.12. The lowest BCUT2D eigenvalue weighted by Crippen LogP contribution is -1.94. The van der Waals surface area contributed by atoms with Gasteiger partial charge in [-0.25, -0.2) is 4.52 Å². The van der Waals surface area contributed by atoms with E-state index in [1.165, 1.54) is 11.4 Å². The molecule has 2 heterocycles. The summed E-state index contributed by atoms with van der Waals surface area (Å²) in [5, 5.41) is 3.89. The predicted molar refractivity (Wildman–Crippen MR) is 47.4 cm³/mol. The number of pyridine rings is 1. The Bertz CT molecular complexity index is 474. The van der Waals surface area contributed by atoms with Crippen LogP contribution in [0.25, 0.3) is 5.65 Å². The number of nitrogens with zero attached hydrogens (tertiary/aromatic N) is 3. The molecular formula is C8H8N4O. The van der Waals surface area contributed by atoms with E-state index < -0.39 is 0 Å². The zero-order chi connectivity index (χ0) is 9.42. The zero-order valence-corrected chi connectivity index (χ0v) is 7.06. The number of ketones is 1. The molecule has 0 saturated carbocycles. The summed E-state index contributed by atoms with van der Waals surface area (Å²) in [6.07, 6.45) is 1.66. The first-order chi connectivity index (χ1) is 6.16. The van der Waals surface area contributed by atoms with Crippen LogP contribution in [0.5, 0.6) is 0 Å². The maximum Gasteiger partial charge on any atom is 0.240 e. The van der Waals surface area contributed by atoms with Crippen LogP contribution in [0, 0.1) is 0 Å². The number of Topliss-reactive ketones (excluding diaryl/α,β-unsaturated/α-hetero) is 1. The molecule has 0 bridgehead atoms. The van der Waals surface area contributed by atoms with Crippen molar-refractivity contribution < 1.29 is 4.79 Å². The molecule has 5 nitrogen and oxygen atoms in total. The van der Waals surface area contributed by atoms with Gasteiger partial charge in [-0.1, -0.05) is 0 Å². The molecule has 0 aliphatic carbocycles. The molecule has 2 aromatic rings. The summed E-state index contributed by atoms with van der Waals surface area (Å²) in [7, 11) is 0. The number of hydrogen-bond acceptors (Lipinski definition) is 4. The number of carbonyl (C=O) groups excluding carboxylic acids is 1. The normalized spacial score (nSPS) is 10.5. The van der Waals surface area contributed by atoms with Crippen LogP contribution in [-0.4, -0.2) is 20.4 Å². The number of anilines is 1. The fourth-order valence-electron chi connectivity index (χ4n) is 1.12. The van der Waals surface area contributed by atoms with E-state index in [9.17, 15) is 4.79 Å². The molecule has 0 atom stereocenters. The van der Waals surface area contributed by atoms with Gasteiger partial charge < -0.3 is 5.73 Å². The van der Waals surface area contributed by atoms with E-state index in [1.54, 1.807) is 18.3 Å². The Labute approximate surface area is 74.2 Å². The molecule has 0 spiro atoms. The molecule has 5 heteroatoms. The molecule has 0 saturated heterocycles. The molecule has 0 aromatic carbocycles. The van der Waals surface area contributed by atoms with E-state index in [2.05, 4.69) is 10.1 Å². The third-order valence-corrected chi connectivity index (χ3v) is 1.76. The molecular weight excluding hydrogens is 168 g/mol. The fraction of sp³-hybridized carbons (Fsp3) is 0.125. The van der Waals surface area contributed by atoms with Gasteiger partial charge in [0.2, 0.25) is 5.95 Å². The molecule has 2 rings (SSSR count). The smallest absolute Gasteiger partial charge is 0.240 e. The number of aromatic nitrogens is 3. The quantitative estimate of drug-likeness (QED) is 0.642. The second-order valence-corrected chi connectivity index (χ2v) is 2.74. The molecule has 0 fully saturated rings. The largest absolute Gasteiger partial charge is 0.366 e. The van der Waals surface area contributed by atoms with Crippen LogP contribution >= 0.6 is 0 Å². The van der Waals surface area contributed by atoms with Gasteiger partial charge in [-0.3, -0.25) is 4.79 Å². The molecule has 0 amide bonds. The average Bonchev–Trinajstić information content (AvgIpc) is 2.42. The van der Waals surface area contributed by atoms with Crippen molar-refractivity contribution >= 4 is 17.4 Å². The Kier molecular flexibility index (Phi) is 1.51. The number of nitrogen functional groups attached to an aromatic ring is 1. The summed E-state index contributed by atoms with van der Waals surface area (Å²) < 4.78 is 1.53. The summed E-state index contributed by atoms with van der Waals surface area (Å²) >= 11 is 0. The number of rotatable bonds is 1. The lowest BCUT2D eigenvalue weighted by Gasteiger charge is -1.94. The van der Waals surface area contributed by atoms with Crippen molar-refractivity contribution in [2.24, 2.45) is 0 Å². The number of nitrogens with two attached hydrogens (primary N) is 1. The van der Waals surface area contributed by atoms with Crippen molar-refractivity contribution in [2.45, 2.75) is 6.92 Å². The highest BCUT2D eigenvalue weighted by Gasteiger charge is 2.03. The van der Waals surface area contributed by atoms with Crippen LogP contribution in [0.15, 0.2) is 18.3 Å². The number of carbonyl (C=O) groups is 1. The summed E-state index contributed by atoms with van der Waals surface area (Å²) in [6, 6.07) is 3.34. The number of fused-ring (bicyclic) bond motifs is 1. The molecule has 0 radical (unpaired) electrons. The topological polar surface area (TPSA) is 73.3 Å². The van der Waals surface area contributed by atoms with Gasteiger partial charge in [0.15, 0.2) is 11.4 Å². The van der Waals surface area contributed by atoms with Crippen molar-refractivity contribution in [3.63, 3.8) is 0 Å². The molecule has 66 valence electrons. The maximum atomic E-state index is 11.0. The first-order valence-electron chi connectivity index (χ1n) is 3.79. The van der Waals surface area contributed by atoms with Gasteiger partial charge in [-0.2, -0.15) is 4.98 Å². The summed E-state index contributed by atoms with van der Waals surface area (Å²) in [5.74, 6) is 0.213. The third kappa shape index (κ3) is 1.24. The third-order valence-electron chi connectivity index (χ3n) is 1.76. The first-order valence-corrected chi connectivity index (χ1v) is 3.79. The van der Waals surface area contributed by atoms with Crippen LogP contribution < -0.4 is 5.73 Å². The van der Waals surface area contributed by atoms with E-state index in [-0.39, 0.29) is 11.7 Å². The Balaban J connectivity index is 2.67. The van der Waals surface area contributed by atoms with Crippen molar-refractivity contribution in [1.29, 1.82) is 0 Å². The lowest BCUT2D eigenvalue weighted by atomic mass is 10.2. The van der Waals surface area contributed by atoms with Crippen LogP contribution in [0.4, 0.5) is 5.95 Å². The molecule has 0 aliphatic heterocycles. The molecule has 0 aliphatic rings. The Morgan fingerprint density at radius 3 is 3.08 bits per heavy atom. The highest BCUT2D eigenvalue weighted by atomic mass is 16.1. The Hall–Kier alpha value is -1.91. The van der Waals surface area contributed by atoms with Crippen LogP contribution in [0.2, 0.25) is 0 Å². The van der Waals surface area contributed by atoms with Gasteiger partial charge in [-0.15, -0.1) is 5.10 Å². The second kappa shape index (κ2) is 2.55. The molecule has 2 aromatic heterocycles. The minimum atomic E-state index is 0.00377. The summed E-state index contributed by atoms with van der Waals surface area (Å²) in [5.41, 5.74) is 6.59. The number of hydrogen-bond donors (Lipinski definition) is 1.